The van der Waals surface area contributed by atoms with E-state index in [2.05, 4.69) is 38.0 Å². The monoisotopic (exact) mass is 258 g/mol. The molecular weight excluding hydrogens is 236 g/mol. The molecule has 0 fully saturated rings. The zero-order chi connectivity index (χ0) is 12.0. The fourth-order valence-corrected chi connectivity index (χ4v) is 3.11. The molecule has 0 bridgehead atoms. The highest BCUT2D eigenvalue weighted by molar-refractivity contribution is 7.99. The van der Waals surface area contributed by atoms with Crippen LogP contribution in [0.5, 0.6) is 0 Å². The van der Waals surface area contributed by atoms with Crippen LogP contribution in [0.3, 0.4) is 0 Å². The number of aromatic nitrogens is 1. The number of thiazole rings is 1. The maximum absolute atomic E-state index is 4.25. The van der Waals surface area contributed by atoms with Crippen molar-refractivity contribution in [2.24, 2.45) is 5.92 Å². The number of nitrogens with one attached hydrogen (secondary N) is 1. The smallest absolute Gasteiger partial charge is 0.0798 e. The molecule has 0 aliphatic rings. The van der Waals surface area contributed by atoms with Crippen LogP contribution in [0.15, 0.2) is 5.51 Å². The zero-order valence-electron chi connectivity index (χ0n) is 10.6. The van der Waals surface area contributed by atoms with Crippen LogP contribution in [0.1, 0.15) is 31.3 Å². The second-order valence-electron chi connectivity index (χ2n) is 4.57. The molecule has 4 heteroatoms. The molecular formula is C12H22N2S2. The number of hydrogen-bond acceptors (Lipinski definition) is 4. The molecule has 1 aromatic heterocycles. The third-order valence-electron chi connectivity index (χ3n) is 2.27. The van der Waals surface area contributed by atoms with Gasteiger partial charge in [0.25, 0.3) is 0 Å². The van der Waals surface area contributed by atoms with E-state index in [4.69, 9.17) is 0 Å². The molecule has 1 heterocycles. The Balaban J connectivity index is 2.15. The van der Waals surface area contributed by atoms with E-state index in [1.807, 2.05) is 17.3 Å². The van der Waals surface area contributed by atoms with Crippen molar-refractivity contribution in [1.82, 2.24) is 10.3 Å². The third-order valence-corrected chi connectivity index (χ3v) is 4.85. The van der Waals surface area contributed by atoms with Crippen molar-refractivity contribution >= 4 is 23.1 Å². The van der Waals surface area contributed by atoms with Crippen molar-refractivity contribution in [2.75, 3.05) is 11.5 Å². The standard InChI is InChI=1S/C12H22N2S2/c1-9(2)6-15-7-10(3)13-5-12-11(4)14-8-16-12/h8-10,13H,5-7H2,1-4H3. The number of nitrogens with zero attached hydrogens (tertiary/aromatic N) is 1. The van der Waals surface area contributed by atoms with Gasteiger partial charge in [0.15, 0.2) is 0 Å². The number of thioether (sulfide) groups is 1. The second-order valence-corrected chi connectivity index (χ2v) is 6.59. The second kappa shape index (κ2) is 7.30. The van der Waals surface area contributed by atoms with Gasteiger partial charge in [0.05, 0.1) is 11.2 Å². The summed E-state index contributed by atoms with van der Waals surface area (Å²) in [5.74, 6) is 3.24. The lowest BCUT2D eigenvalue weighted by atomic mass is 10.3. The van der Waals surface area contributed by atoms with Crippen LogP contribution in [0.4, 0.5) is 0 Å². The lowest BCUT2D eigenvalue weighted by Gasteiger charge is -2.13. The molecule has 0 aromatic carbocycles. The van der Waals surface area contributed by atoms with E-state index in [9.17, 15) is 0 Å². The summed E-state index contributed by atoms with van der Waals surface area (Å²) < 4.78 is 0. The molecule has 92 valence electrons. The van der Waals surface area contributed by atoms with Gasteiger partial charge in [-0.1, -0.05) is 13.8 Å². The van der Waals surface area contributed by atoms with Crippen LogP contribution in [-0.4, -0.2) is 22.5 Å². The van der Waals surface area contributed by atoms with Crippen LogP contribution in [0.25, 0.3) is 0 Å². The number of hydrogen-bond donors (Lipinski definition) is 1. The molecule has 0 aliphatic heterocycles. The predicted octanol–water partition coefficient (Wildman–Crippen LogP) is 3.32. The van der Waals surface area contributed by atoms with Gasteiger partial charge in [0, 0.05) is 23.2 Å². The van der Waals surface area contributed by atoms with Crippen molar-refractivity contribution in [2.45, 2.75) is 40.3 Å². The van der Waals surface area contributed by atoms with Gasteiger partial charge in [0.1, 0.15) is 0 Å². The van der Waals surface area contributed by atoms with Crippen LogP contribution < -0.4 is 5.32 Å². The molecule has 0 spiro atoms. The van der Waals surface area contributed by atoms with Crippen LogP contribution in [0, 0.1) is 12.8 Å². The Morgan fingerprint density at radius 1 is 1.38 bits per heavy atom. The zero-order valence-corrected chi connectivity index (χ0v) is 12.3. The normalized spacial score (nSPS) is 13.3. The van der Waals surface area contributed by atoms with E-state index >= 15 is 0 Å². The summed E-state index contributed by atoms with van der Waals surface area (Å²) in [5.41, 5.74) is 3.09. The number of rotatable bonds is 7. The molecule has 16 heavy (non-hydrogen) atoms. The first-order valence-corrected chi connectivity index (χ1v) is 7.83. The molecule has 2 nitrogen and oxygen atoms in total. The molecule has 1 N–H and O–H groups in total. The lowest BCUT2D eigenvalue weighted by molar-refractivity contribution is 0.597. The van der Waals surface area contributed by atoms with Crippen molar-refractivity contribution in [3.05, 3.63) is 16.1 Å². The third kappa shape index (κ3) is 5.32. The molecule has 0 amide bonds. The minimum atomic E-state index is 0.574. The predicted molar refractivity (Wildman–Crippen MR) is 75.3 cm³/mol. The highest BCUT2D eigenvalue weighted by atomic mass is 32.2. The molecule has 0 saturated heterocycles. The summed E-state index contributed by atoms with van der Waals surface area (Å²) in [6.45, 7) is 9.83. The Kier molecular flexibility index (Phi) is 6.39. The van der Waals surface area contributed by atoms with Crippen molar-refractivity contribution in [1.29, 1.82) is 0 Å². The molecule has 0 aliphatic carbocycles. The van der Waals surface area contributed by atoms with E-state index in [0.29, 0.717) is 6.04 Å². The van der Waals surface area contributed by atoms with Crippen LogP contribution in [0.2, 0.25) is 0 Å². The molecule has 1 rings (SSSR count). The van der Waals surface area contributed by atoms with Gasteiger partial charge in [-0.2, -0.15) is 11.8 Å². The summed E-state index contributed by atoms with van der Waals surface area (Å²) in [5, 5.41) is 3.55. The lowest BCUT2D eigenvalue weighted by Crippen LogP contribution is -2.27. The molecule has 0 radical (unpaired) electrons. The van der Waals surface area contributed by atoms with Crippen LogP contribution in [-0.2, 0) is 6.54 Å². The molecule has 1 atom stereocenters. The van der Waals surface area contributed by atoms with Gasteiger partial charge >= 0.3 is 0 Å². The Morgan fingerprint density at radius 2 is 2.12 bits per heavy atom. The van der Waals surface area contributed by atoms with E-state index < -0.39 is 0 Å². The minimum Gasteiger partial charge on any atom is -0.308 e. The summed E-state index contributed by atoms with van der Waals surface area (Å²) in [7, 11) is 0. The van der Waals surface area contributed by atoms with Gasteiger partial charge in [-0.3, -0.25) is 0 Å². The van der Waals surface area contributed by atoms with Gasteiger partial charge in [-0.25, -0.2) is 4.98 Å². The SMILES string of the molecule is Cc1ncsc1CNC(C)CSCC(C)C. The van der Waals surface area contributed by atoms with E-state index in [-0.39, 0.29) is 0 Å². The summed E-state index contributed by atoms with van der Waals surface area (Å²) in [6, 6.07) is 0.574. The Labute approximate surface area is 107 Å². The van der Waals surface area contributed by atoms with Crippen molar-refractivity contribution in [3.63, 3.8) is 0 Å². The molecule has 1 aromatic rings. The largest absolute Gasteiger partial charge is 0.308 e. The van der Waals surface area contributed by atoms with Gasteiger partial charge in [-0.15, -0.1) is 11.3 Å². The van der Waals surface area contributed by atoms with Crippen molar-refractivity contribution < 1.29 is 0 Å². The topological polar surface area (TPSA) is 24.9 Å². The van der Waals surface area contributed by atoms with Gasteiger partial charge in [0.2, 0.25) is 0 Å². The van der Waals surface area contributed by atoms with E-state index in [0.717, 1.165) is 12.5 Å². The average molecular weight is 258 g/mol. The van der Waals surface area contributed by atoms with E-state index in [1.54, 1.807) is 11.3 Å². The molecule has 1 unspecified atom stereocenters. The maximum atomic E-state index is 4.25. The average Bonchev–Trinajstić information content (AvgIpc) is 2.60. The summed E-state index contributed by atoms with van der Waals surface area (Å²) in [4.78, 5) is 5.62. The summed E-state index contributed by atoms with van der Waals surface area (Å²) in [6.07, 6.45) is 0. The Morgan fingerprint density at radius 3 is 2.69 bits per heavy atom. The molecule has 0 saturated carbocycles. The minimum absolute atomic E-state index is 0.574. The van der Waals surface area contributed by atoms with Gasteiger partial charge in [-0.05, 0) is 25.5 Å². The first-order chi connectivity index (χ1) is 7.59. The van der Waals surface area contributed by atoms with Gasteiger partial charge < -0.3 is 5.32 Å². The Hall–Kier alpha value is -0.0600. The fraction of sp³-hybridized carbons (Fsp3) is 0.750. The maximum Gasteiger partial charge on any atom is 0.0798 e. The highest BCUT2D eigenvalue weighted by Gasteiger charge is 2.05. The summed E-state index contributed by atoms with van der Waals surface area (Å²) >= 11 is 3.78. The first-order valence-electron chi connectivity index (χ1n) is 5.79. The first kappa shape index (κ1) is 14.0. The fourth-order valence-electron chi connectivity index (χ4n) is 1.30. The van der Waals surface area contributed by atoms with E-state index in [1.165, 1.54) is 22.1 Å². The number of aryl methyl sites for hydroxylation is 1. The quantitative estimate of drug-likeness (QED) is 0.812. The van der Waals surface area contributed by atoms with Crippen molar-refractivity contribution in [3.8, 4) is 0 Å². The van der Waals surface area contributed by atoms with Crippen LogP contribution >= 0.6 is 23.1 Å². The Bertz CT molecular complexity index is 297. The highest BCUT2D eigenvalue weighted by Crippen LogP contribution is 2.13.